The molecule has 0 aromatic heterocycles. The molecule has 1 amide bonds. The lowest BCUT2D eigenvalue weighted by Crippen LogP contribution is -2.48. The van der Waals surface area contributed by atoms with Gasteiger partial charge in [-0.3, -0.25) is 10.6 Å². The van der Waals surface area contributed by atoms with E-state index in [1.54, 1.807) is 0 Å². The molecular formula is C11H11F4N3O. The van der Waals surface area contributed by atoms with E-state index in [4.69, 9.17) is 5.84 Å². The molecule has 0 unspecified atom stereocenters. The molecule has 0 heterocycles. The van der Waals surface area contributed by atoms with Gasteiger partial charge in [0.25, 0.3) is 5.91 Å². The third-order valence-corrected chi connectivity index (χ3v) is 3.05. The Kier molecular flexibility index (Phi) is 3.13. The summed E-state index contributed by atoms with van der Waals surface area (Å²) in [4.78, 5) is 11.8. The van der Waals surface area contributed by atoms with Gasteiger partial charge < -0.3 is 10.7 Å². The highest BCUT2D eigenvalue weighted by atomic mass is 19.4. The van der Waals surface area contributed by atoms with Crippen LogP contribution in [-0.2, 0) is 0 Å². The highest BCUT2D eigenvalue weighted by Crippen LogP contribution is 2.49. The summed E-state index contributed by atoms with van der Waals surface area (Å²) in [5.41, 5.74) is -0.821. The Morgan fingerprint density at radius 3 is 2.42 bits per heavy atom. The first-order chi connectivity index (χ1) is 8.81. The predicted molar refractivity (Wildman–Crippen MR) is 59.7 cm³/mol. The number of nitrogens with two attached hydrogens (primary N) is 1. The summed E-state index contributed by atoms with van der Waals surface area (Å²) >= 11 is 0. The molecular weight excluding hydrogens is 266 g/mol. The van der Waals surface area contributed by atoms with Crippen molar-refractivity contribution in [3.05, 3.63) is 29.6 Å². The van der Waals surface area contributed by atoms with Crippen LogP contribution in [0.25, 0.3) is 0 Å². The molecule has 0 saturated heterocycles. The number of halogens is 4. The number of hydrogen-bond donors (Lipinski definition) is 3. The van der Waals surface area contributed by atoms with Gasteiger partial charge in [-0.25, -0.2) is 4.39 Å². The van der Waals surface area contributed by atoms with Gasteiger partial charge in [0.05, 0.1) is 11.3 Å². The van der Waals surface area contributed by atoms with Gasteiger partial charge in [-0.05, 0) is 25.0 Å². The van der Waals surface area contributed by atoms with Crippen molar-refractivity contribution in [3.8, 4) is 0 Å². The standard InChI is InChI=1S/C11H11F4N3O/c12-7-3-1-2-6(8(7)18-16)9(19)17-10(4-5-10)11(13,14)15/h1-3,18H,4-5,16H2,(H,17,19). The van der Waals surface area contributed by atoms with Gasteiger partial charge in [-0.15, -0.1) is 0 Å². The molecule has 0 aliphatic heterocycles. The smallest absolute Gasteiger partial charge is 0.338 e. The minimum Gasteiger partial charge on any atom is -0.338 e. The van der Waals surface area contributed by atoms with Crippen LogP contribution >= 0.6 is 0 Å². The van der Waals surface area contributed by atoms with E-state index in [1.807, 2.05) is 10.7 Å². The molecule has 0 bridgehead atoms. The molecule has 4 N–H and O–H groups in total. The van der Waals surface area contributed by atoms with Crippen LogP contribution in [0.15, 0.2) is 18.2 Å². The lowest BCUT2D eigenvalue weighted by atomic mass is 10.1. The molecule has 19 heavy (non-hydrogen) atoms. The number of alkyl halides is 3. The molecule has 0 atom stereocenters. The van der Waals surface area contributed by atoms with Gasteiger partial charge in [0, 0.05) is 0 Å². The molecule has 0 spiro atoms. The fourth-order valence-corrected chi connectivity index (χ4v) is 1.75. The van der Waals surface area contributed by atoms with Crippen molar-refractivity contribution in [1.29, 1.82) is 0 Å². The number of nitrogens with one attached hydrogen (secondary N) is 2. The summed E-state index contributed by atoms with van der Waals surface area (Å²) in [7, 11) is 0. The fraction of sp³-hybridized carbons (Fsp3) is 0.364. The SMILES string of the molecule is NNc1c(F)cccc1C(=O)NC1(C(F)(F)F)CC1. The van der Waals surface area contributed by atoms with E-state index >= 15 is 0 Å². The first-order valence-corrected chi connectivity index (χ1v) is 5.45. The molecule has 8 heteroatoms. The lowest BCUT2D eigenvalue weighted by molar-refractivity contribution is -0.163. The van der Waals surface area contributed by atoms with Gasteiger partial charge in [0.15, 0.2) is 0 Å². The van der Waals surface area contributed by atoms with E-state index in [0.29, 0.717) is 0 Å². The Morgan fingerprint density at radius 2 is 1.95 bits per heavy atom. The van der Waals surface area contributed by atoms with E-state index in [-0.39, 0.29) is 24.1 Å². The number of benzene rings is 1. The summed E-state index contributed by atoms with van der Waals surface area (Å²) in [5, 5.41) is 1.90. The number of nitrogen functional groups attached to an aromatic ring is 1. The lowest BCUT2D eigenvalue weighted by Gasteiger charge is -2.21. The molecule has 4 nitrogen and oxygen atoms in total. The predicted octanol–water partition coefficient (Wildman–Crippen LogP) is 1.94. The van der Waals surface area contributed by atoms with Gasteiger partial charge >= 0.3 is 6.18 Å². The van der Waals surface area contributed by atoms with Crippen LogP contribution in [0.3, 0.4) is 0 Å². The molecule has 1 aliphatic carbocycles. The Bertz CT molecular complexity index is 511. The number of para-hydroxylation sites is 1. The van der Waals surface area contributed by atoms with Crippen molar-refractivity contribution in [2.24, 2.45) is 5.84 Å². The van der Waals surface area contributed by atoms with Crippen LogP contribution in [0, 0.1) is 5.82 Å². The van der Waals surface area contributed by atoms with Crippen LogP contribution in [0.4, 0.5) is 23.2 Å². The average Bonchev–Trinajstić information content (AvgIpc) is 3.09. The molecule has 1 aromatic carbocycles. The van der Waals surface area contributed by atoms with E-state index in [9.17, 15) is 22.4 Å². The normalized spacial score (nSPS) is 16.9. The maximum atomic E-state index is 13.3. The number of anilines is 1. The monoisotopic (exact) mass is 277 g/mol. The summed E-state index contributed by atoms with van der Waals surface area (Å²) < 4.78 is 51.5. The molecule has 1 fully saturated rings. The number of hydrogen-bond acceptors (Lipinski definition) is 3. The topological polar surface area (TPSA) is 67.1 Å². The first kappa shape index (κ1) is 13.6. The minimum atomic E-state index is -4.52. The Morgan fingerprint density at radius 1 is 1.32 bits per heavy atom. The van der Waals surface area contributed by atoms with Gasteiger partial charge in [-0.1, -0.05) is 6.07 Å². The van der Waals surface area contributed by atoms with E-state index in [0.717, 1.165) is 6.07 Å². The number of amides is 1. The van der Waals surface area contributed by atoms with E-state index < -0.39 is 23.4 Å². The van der Waals surface area contributed by atoms with Crippen LogP contribution in [-0.4, -0.2) is 17.6 Å². The second kappa shape index (κ2) is 4.37. The second-order valence-corrected chi connectivity index (χ2v) is 4.34. The Hall–Kier alpha value is -1.83. The summed E-state index contributed by atoms with van der Waals surface area (Å²) in [5.74, 6) is 3.24. The molecule has 0 radical (unpaired) electrons. The van der Waals surface area contributed by atoms with Crippen molar-refractivity contribution in [2.75, 3.05) is 5.43 Å². The first-order valence-electron chi connectivity index (χ1n) is 5.45. The highest BCUT2D eigenvalue weighted by molar-refractivity contribution is 6.00. The summed E-state index contributed by atoms with van der Waals surface area (Å²) in [6.45, 7) is 0. The maximum Gasteiger partial charge on any atom is 0.411 e. The van der Waals surface area contributed by atoms with E-state index in [1.165, 1.54) is 12.1 Å². The Labute approximate surface area is 105 Å². The molecule has 1 saturated carbocycles. The van der Waals surface area contributed by atoms with Crippen molar-refractivity contribution in [2.45, 2.75) is 24.6 Å². The third-order valence-electron chi connectivity index (χ3n) is 3.05. The van der Waals surface area contributed by atoms with Gasteiger partial charge in [0.1, 0.15) is 11.4 Å². The molecule has 1 aromatic rings. The number of carbonyl (C=O) groups is 1. The van der Waals surface area contributed by atoms with Gasteiger partial charge in [0.2, 0.25) is 0 Å². The van der Waals surface area contributed by atoms with Crippen molar-refractivity contribution in [3.63, 3.8) is 0 Å². The fourth-order valence-electron chi connectivity index (χ4n) is 1.75. The molecule has 2 rings (SSSR count). The largest absolute Gasteiger partial charge is 0.411 e. The van der Waals surface area contributed by atoms with Crippen LogP contribution < -0.4 is 16.6 Å². The number of carbonyl (C=O) groups excluding carboxylic acids is 1. The average molecular weight is 277 g/mol. The zero-order chi connectivity index (χ0) is 14.3. The quantitative estimate of drug-likeness (QED) is 0.449. The second-order valence-electron chi connectivity index (χ2n) is 4.34. The molecule has 1 aliphatic rings. The summed E-state index contributed by atoms with van der Waals surface area (Å²) in [6.07, 6.45) is -4.88. The minimum absolute atomic E-state index is 0.178. The zero-order valence-electron chi connectivity index (χ0n) is 9.64. The zero-order valence-corrected chi connectivity index (χ0v) is 9.64. The van der Waals surface area contributed by atoms with Crippen molar-refractivity contribution < 1.29 is 22.4 Å². The van der Waals surface area contributed by atoms with Crippen LogP contribution in [0.2, 0.25) is 0 Å². The van der Waals surface area contributed by atoms with Gasteiger partial charge in [-0.2, -0.15) is 13.2 Å². The maximum absolute atomic E-state index is 13.3. The number of rotatable bonds is 3. The summed E-state index contributed by atoms with van der Waals surface area (Å²) in [6, 6.07) is 3.46. The van der Waals surface area contributed by atoms with Crippen LogP contribution in [0.5, 0.6) is 0 Å². The third kappa shape index (κ3) is 2.35. The number of hydrazine groups is 1. The van der Waals surface area contributed by atoms with Crippen molar-refractivity contribution in [1.82, 2.24) is 5.32 Å². The Balaban J connectivity index is 2.25. The van der Waals surface area contributed by atoms with Crippen molar-refractivity contribution >= 4 is 11.6 Å². The highest BCUT2D eigenvalue weighted by Gasteiger charge is 2.64. The van der Waals surface area contributed by atoms with E-state index in [2.05, 4.69) is 0 Å². The molecule has 104 valence electrons. The van der Waals surface area contributed by atoms with Crippen LogP contribution in [0.1, 0.15) is 23.2 Å².